The molecule has 0 bridgehead atoms. The molecule has 6 nitrogen and oxygen atoms in total. The Labute approximate surface area is 397 Å². The fourth-order valence-electron chi connectivity index (χ4n) is 11.0. The monoisotopic (exact) mass is 882 g/mol. The molecule has 9 aromatic carbocycles. The Hall–Kier alpha value is -9.13. The molecular formula is C63H42N6. The van der Waals surface area contributed by atoms with E-state index >= 15 is 0 Å². The molecule has 4 aromatic heterocycles. The van der Waals surface area contributed by atoms with Crippen molar-refractivity contribution in [2.24, 2.45) is 0 Å². The van der Waals surface area contributed by atoms with Crippen molar-refractivity contribution in [3.05, 3.63) is 241 Å². The van der Waals surface area contributed by atoms with Crippen LogP contribution in [-0.2, 0) is 0 Å². The largest absolute Gasteiger partial charge is 0.307 e. The zero-order valence-electron chi connectivity index (χ0n) is 37.5. The number of fused-ring (bicyclic) bond motifs is 10. The van der Waals surface area contributed by atoms with Crippen LogP contribution in [0.3, 0.4) is 0 Å². The molecule has 1 aliphatic rings. The van der Waals surface area contributed by atoms with Crippen molar-refractivity contribution < 1.29 is 0 Å². The van der Waals surface area contributed by atoms with Crippen molar-refractivity contribution >= 4 is 66.2 Å². The van der Waals surface area contributed by atoms with Crippen LogP contribution in [0.2, 0.25) is 0 Å². The van der Waals surface area contributed by atoms with Gasteiger partial charge in [0, 0.05) is 60.2 Å². The number of hydrogen-bond donors (Lipinski definition) is 0. The van der Waals surface area contributed by atoms with Crippen LogP contribution in [-0.4, -0.2) is 28.7 Å². The number of nitrogens with zero attached hydrogens (tertiary/aromatic N) is 6. The minimum Gasteiger partial charge on any atom is -0.307 e. The first kappa shape index (κ1) is 39.1. The first-order valence-electron chi connectivity index (χ1n) is 23.7. The Morgan fingerprint density at radius 2 is 0.797 bits per heavy atom. The smallest absolute Gasteiger partial charge is 0.164 e. The lowest BCUT2D eigenvalue weighted by Crippen LogP contribution is -2.33. The predicted molar refractivity (Wildman–Crippen MR) is 284 cm³/mol. The molecule has 14 rings (SSSR count). The third-order valence-electron chi connectivity index (χ3n) is 13.9. The summed E-state index contributed by atoms with van der Waals surface area (Å²) in [5.74, 6) is 1.94. The second-order valence-electron chi connectivity index (χ2n) is 17.8. The molecule has 0 fully saturated rings. The van der Waals surface area contributed by atoms with Gasteiger partial charge in [-0.15, -0.1) is 0 Å². The van der Waals surface area contributed by atoms with E-state index in [-0.39, 0.29) is 0 Å². The number of aromatic nitrogens is 6. The Morgan fingerprint density at radius 1 is 0.333 bits per heavy atom. The second-order valence-corrected chi connectivity index (χ2v) is 17.8. The average molecular weight is 883 g/mol. The highest BCUT2D eigenvalue weighted by Crippen LogP contribution is 2.43. The molecule has 0 aliphatic heterocycles. The Morgan fingerprint density at radius 3 is 1.42 bits per heavy atom. The van der Waals surface area contributed by atoms with Crippen molar-refractivity contribution in [1.29, 1.82) is 0 Å². The van der Waals surface area contributed by atoms with Gasteiger partial charge in [0.25, 0.3) is 0 Å². The third-order valence-corrected chi connectivity index (χ3v) is 13.9. The van der Waals surface area contributed by atoms with Crippen LogP contribution in [0, 0.1) is 0 Å². The van der Waals surface area contributed by atoms with E-state index in [1.165, 1.54) is 70.7 Å². The Balaban J connectivity index is 1.07. The lowest BCUT2D eigenvalue weighted by Gasteiger charge is -2.17. The van der Waals surface area contributed by atoms with Crippen molar-refractivity contribution in [1.82, 2.24) is 28.7 Å². The minimum absolute atomic E-state index is 0.643. The van der Waals surface area contributed by atoms with Crippen LogP contribution < -0.4 is 10.6 Å². The molecule has 0 N–H and O–H groups in total. The normalized spacial score (nSPS) is 12.6. The van der Waals surface area contributed by atoms with Gasteiger partial charge in [-0.25, -0.2) is 15.0 Å². The molecule has 69 heavy (non-hydrogen) atoms. The molecule has 0 atom stereocenters. The van der Waals surface area contributed by atoms with Crippen molar-refractivity contribution in [2.75, 3.05) is 0 Å². The van der Waals surface area contributed by atoms with Crippen LogP contribution in [0.5, 0.6) is 0 Å². The SMILES string of the molecule is C1=c2c(n(-c3ccccc3)c3c(-n4c5ccccc5c5ccc6c7ccccc7n(-c7ccccc7)c6c54)cccc23)=C(c2cccc(-c3nc(-c4ccccc4)nc(-c4ccccc4)n3)c2)CC1. The highest BCUT2D eigenvalue weighted by molar-refractivity contribution is 6.24. The van der Waals surface area contributed by atoms with Gasteiger partial charge >= 0.3 is 0 Å². The molecule has 0 amide bonds. The maximum atomic E-state index is 5.13. The first-order valence-corrected chi connectivity index (χ1v) is 23.7. The van der Waals surface area contributed by atoms with Crippen molar-refractivity contribution in [3.8, 4) is 51.2 Å². The molecule has 0 unspecified atom stereocenters. The summed E-state index contributed by atoms with van der Waals surface area (Å²) in [6.07, 6.45) is 4.25. The molecule has 0 saturated carbocycles. The summed E-state index contributed by atoms with van der Waals surface area (Å²) in [7, 11) is 0. The highest BCUT2D eigenvalue weighted by Gasteiger charge is 2.25. The predicted octanol–water partition coefficient (Wildman–Crippen LogP) is 13.8. The van der Waals surface area contributed by atoms with Crippen molar-refractivity contribution in [2.45, 2.75) is 12.8 Å². The van der Waals surface area contributed by atoms with Gasteiger partial charge in [0.05, 0.1) is 38.6 Å². The van der Waals surface area contributed by atoms with Crippen LogP contribution in [0.25, 0.3) is 117 Å². The molecule has 4 heterocycles. The molecule has 324 valence electrons. The summed E-state index contributed by atoms with van der Waals surface area (Å²) in [6.45, 7) is 0. The fraction of sp³-hybridized carbons (Fsp3) is 0.0317. The van der Waals surface area contributed by atoms with Gasteiger partial charge in [-0.2, -0.15) is 0 Å². The molecule has 13 aromatic rings. The van der Waals surface area contributed by atoms with Crippen LogP contribution in [0.4, 0.5) is 0 Å². The van der Waals surface area contributed by atoms with Crippen LogP contribution in [0.15, 0.2) is 224 Å². The quantitative estimate of drug-likeness (QED) is 0.160. The van der Waals surface area contributed by atoms with Crippen molar-refractivity contribution in [3.63, 3.8) is 0 Å². The minimum atomic E-state index is 0.643. The zero-order valence-corrected chi connectivity index (χ0v) is 37.5. The van der Waals surface area contributed by atoms with Gasteiger partial charge in [0.15, 0.2) is 17.5 Å². The summed E-state index contributed by atoms with van der Waals surface area (Å²) in [5, 5.41) is 8.59. The van der Waals surface area contributed by atoms with Gasteiger partial charge in [0.1, 0.15) is 0 Å². The molecular weight excluding hydrogens is 841 g/mol. The van der Waals surface area contributed by atoms with Gasteiger partial charge in [-0.1, -0.05) is 182 Å². The van der Waals surface area contributed by atoms with E-state index in [1.54, 1.807) is 0 Å². The molecule has 0 spiro atoms. The summed E-state index contributed by atoms with van der Waals surface area (Å²) >= 11 is 0. The molecule has 6 heteroatoms. The van der Waals surface area contributed by atoms with Gasteiger partial charge in [0.2, 0.25) is 0 Å². The molecule has 0 saturated heterocycles. The highest BCUT2D eigenvalue weighted by atomic mass is 15.1. The number of hydrogen-bond acceptors (Lipinski definition) is 3. The van der Waals surface area contributed by atoms with E-state index in [4.69, 9.17) is 15.0 Å². The Bertz CT molecular complexity index is 4220. The number of para-hydroxylation sites is 5. The van der Waals surface area contributed by atoms with E-state index in [9.17, 15) is 0 Å². The van der Waals surface area contributed by atoms with Gasteiger partial charge in [-0.05, 0) is 72.5 Å². The van der Waals surface area contributed by atoms with E-state index in [0.717, 1.165) is 52.2 Å². The summed E-state index contributed by atoms with van der Waals surface area (Å²) in [5.41, 5.74) is 14.5. The van der Waals surface area contributed by atoms with E-state index in [1.807, 2.05) is 36.4 Å². The average Bonchev–Trinajstić information content (AvgIpc) is 4.08. The fourth-order valence-corrected chi connectivity index (χ4v) is 11.0. The van der Waals surface area contributed by atoms with Crippen LogP contribution in [0.1, 0.15) is 18.4 Å². The third kappa shape index (κ3) is 6.16. The molecule has 0 radical (unpaired) electrons. The van der Waals surface area contributed by atoms with E-state index in [0.29, 0.717) is 17.5 Å². The van der Waals surface area contributed by atoms with E-state index in [2.05, 4.69) is 208 Å². The molecule has 1 aliphatic carbocycles. The summed E-state index contributed by atoms with van der Waals surface area (Å²) in [4.78, 5) is 15.3. The summed E-state index contributed by atoms with van der Waals surface area (Å²) < 4.78 is 7.55. The summed E-state index contributed by atoms with van der Waals surface area (Å²) in [6, 6.07) is 80.2. The zero-order chi connectivity index (χ0) is 45.4. The second kappa shape index (κ2) is 15.8. The lowest BCUT2D eigenvalue weighted by molar-refractivity contribution is 0.993. The number of rotatable bonds is 7. The number of benzene rings is 9. The lowest BCUT2D eigenvalue weighted by atomic mass is 9.94. The van der Waals surface area contributed by atoms with Gasteiger partial charge < -0.3 is 13.7 Å². The standard InChI is InChI=1S/C63H42N6/c1-5-20-41(21-6-1)61-64-62(42-22-7-2-8-23-42)66-63(65-61)44-25-17-24-43(40-44)47-32-18-33-50-51-34-19-37-56(58(51)68(57(47)50)46-28-11-4-12-29-46)69-55-36-16-14-31-49(55)53-39-38-52-48-30-13-15-35-54(48)67(59(52)60(53)69)45-26-9-3-10-27-45/h1-17,19-31,33-40H,18,32H2. The Kier molecular flexibility index (Phi) is 8.92. The first-order chi connectivity index (χ1) is 34.3. The van der Waals surface area contributed by atoms with Crippen LogP contribution >= 0.6 is 0 Å². The van der Waals surface area contributed by atoms with Gasteiger partial charge in [-0.3, -0.25) is 0 Å². The maximum Gasteiger partial charge on any atom is 0.164 e. The maximum absolute atomic E-state index is 5.13. The topological polar surface area (TPSA) is 53.5 Å². The van der Waals surface area contributed by atoms with E-state index < -0.39 is 0 Å².